The molecular formula is C14H13BrN2O. The van der Waals surface area contributed by atoms with Crippen LogP contribution in [0.2, 0.25) is 0 Å². The third-order valence-electron chi connectivity index (χ3n) is 2.47. The fourth-order valence-electron chi connectivity index (χ4n) is 1.54. The van der Waals surface area contributed by atoms with Gasteiger partial charge in [-0.15, -0.1) is 0 Å². The first-order chi connectivity index (χ1) is 8.74. The molecule has 0 aliphatic heterocycles. The number of nitrogens with zero attached hydrogens (tertiary/aromatic N) is 2. The monoisotopic (exact) mass is 304 g/mol. The van der Waals surface area contributed by atoms with Crippen molar-refractivity contribution < 1.29 is 9.78 Å². The zero-order chi connectivity index (χ0) is 12.8. The van der Waals surface area contributed by atoms with E-state index in [9.17, 15) is 5.11 Å². The van der Waals surface area contributed by atoms with Crippen LogP contribution in [-0.4, -0.2) is 5.90 Å². The number of aromatic nitrogens is 1. The summed E-state index contributed by atoms with van der Waals surface area (Å²) in [7, 11) is 0. The quantitative estimate of drug-likeness (QED) is 0.483. The lowest BCUT2D eigenvalue weighted by Gasteiger charge is -2.06. The summed E-state index contributed by atoms with van der Waals surface area (Å²) in [5.41, 5.74) is 1.14. The van der Waals surface area contributed by atoms with Gasteiger partial charge in [0.1, 0.15) is 0 Å². The molecule has 0 aliphatic carbocycles. The van der Waals surface area contributed by atoms with Crippen LogP contribution in [0.1, 0.15) is 12.0 Å². The van der Waals surface area contributed by atoms with Crippen LogP contribution in [0.3, 0.4) is 0 Å². The Morgan fingerprint density at radius 3 is 2.44 bits per heavy atom. The number of aryl methyl sites for hydroxylation is 1. The van der Waals surface area contributed by atoms with Gasteiger partial charge in [0.25, 0.3) is 0 Å². The molecule has 2 rings (SSSR count). The average molecular weight is 305 g/mol. The molecule has 3 nitrogen and oxygen atoms in total. The molecule has 0 N–H and O–H groups in total. The molecule has 0 atom stereocenters. The number of pyridine rings is 1. The van der Waals surface area contributed by atoms with Gasteiger partial charge >= 0.3 is 0 Å². The van der Waals surface area contributed by atoms with Crippen LogP contribution in [-0.2, 0) is 6.42 Å². The highest BCUT2D eigenvalue weighted by Gasteiger charge is 1.97. The zero-order valence-corrected chi connectivity index (χ0v) is 11.4. The van der Waals surface area contributed by atoms with Gasteiger partial charge in [0.15, 0.2) is 0 Å². The van der Waals surface area contributed by atoms with Gasteiger partial charge in [-0.25, -0.2) is 0 Å². The Morgan fingerprint density at radius 1 is 1.11 bits per heavy atom. The van der Waals surface area contributed by atoms with E-state index in [0.717, 1.165) is 10.0 Å². The van der Waals surface area contributed by atoms with Crippen molar-refractivity contribution in [3.05, 3.63) is 64.9 Å². The van der Waals surface area contributed by atoms with Crippen molar-refractivity contribution in [2.75, 3.05) is 0 Å². The van der Waals surface area contributed by atoms with Gasteiger partial charge in [-0.05, 0) is 35.6 Å². The zero-order valence-electron chi connectivity index (χ0n) is 9.79. The lowest BCUT2D eigenvalue weighted by Crippen LogP contribution is -2.32. The van der Waals surface area contributed by atoms with Crippen molar-refractivity contribution in [3.8, 4) is 0 Å². The minimum atomic E-state index is -0.117. The van der Waals surface area contributed by atoms with Gasteiger partial charge in [-0.1, -0.05) is 38.8 Å². The first-order valence-corrected chi connectivity index (χ1v) is 6.49. The predicted molar refractivity (Wildman–Crippen MR) is 71.9 cm³/mol. The van der Waals surface area contributed by atoms with E-state index in [-0.39, 0.29) is 5.90 Å². The van der Waals surface area contributed by atoms with E-state index in [1.165, 1.54) is 4.68 Å². The molecule has 0 aliphatic rings. The smallest absolute Gasteiger partial charge is 0.202 e. The lowest BCUT2D eigenvalue weighted by molar-refractivity contribution is -0.681. The first-order valence-electron chi connectivity index (χ1n) is 5.69. The molecular weight excluding hydrogens is 292 g/mol. The summed E-state index contributed by atoms with van der Waals surface area (Å²) >= 11 is 3.38. The molecule has 2 aromatic rings. The summed E-state index contributed by atoms with van der Waals surface area (Å²) < 4.78 is 2.58. The number of rotatable bonds is 4. The summed E-state index contributed by atoms with van der Waals surface area (Å²) in [5, 5.41) is 15.6. The van der Waals surface area contributed by atoms with Crippen LogP contribution in [0.15, 0.2) is 64.4 Å². The van der Waals surface area contributed by atoms with Crippen molar-refractivity contribution in [1.29, 1.82) is 0 Å². The van der Waals surface area contributed by atoms with E-state index in [2.05, 4.69) is 21.0 Å². The second-order valence-corrected chi connectivity index (χ2v) is 4.79. The van der Waals surface area contributed by atoms with E-state index >= 15 is 0 Å². The molecule has 0 saturated carbocycles. The fourth-order valence-corrected chi connectivity index (χ4v) is 1.80. The lowest BCUT2D eigenvalue weighted by atomic mass is 10.1. The Labute approximate surface area is 115 Å². The van der Waals surface area contributed by atoms with Gasteiger partial charge in [-0.2, -0.15) is 0 Å². The number of benzene rings is 1. The van der Waals surface area contributed by atoms with E-state index in [1.54, 1.807) is 12.4 Å². The third-order valence-corrected chi connectivity index (χ3v) is 3.00. The molecule has 0 radical (unpaired) electrons. The van der Waals surface area contributed by atoms with Crippen LogP contribution >= 0.6 is 15.9 Å². The largest absolute Gasteiger partial charge is 0.858 e. The van der Waals surface area contributed by atoms with E-state index in [4.69, 9.17) is 0 Å². The number of halogens is 1. The summed E-state index contributed by atoms with van der Waals surface area (Å²) in [6, 6.07) is 13.5. The Hall–Kier alpha value is -1.68. The Bertz CT molecular complexity index is 523. The van der Waals surface area contributed by atoms with Gasteiger partial charge < -0.3 is 5.11 Å². The SMILES string of the molecule is [O-]C(CCc1ccc(Br)cc1)=N[n+]1ccccc1. The first kappa shape index (κ1) is 12.8. The highest BCUT2D eigenvalue weighted by molar-refractivity contribution is 9.10. The maximum Gasteiger partial charge on any atom is 0.202 e. The molecule has 0 spiro atoms. The predicted octanol–water partition coefficient (Wildman–Crippen LogP) is 1.89. The van der Waals surface area contributed by atoms with Gasteiger partial charge in [0.05, 0.1) is 0 Å². The van der Waals surface area contributed by atoms with E-state index in [0.29, 0.717) is 12.8 Å². The summed E-state index contributed by atoms with van der Waals surface area (Å²) in [6.45, 7) is 0. The second kappa shape index (κ2) is 6.31. The van der Waals surface area contributed by atoms with Crippen molar-refractivity contribution in [2.45, 2.75) is 12.8 Å². The van der Waals surface area contributed by atoms with Crippen LogP contribution in [0.25, 0.3) is 0 Å². The minimum Gasteiger partial charge on any atom is -0.858 e. The third kappa shape index (κ3) is 3.96. The van der Waals surface area contributed by atoms with Crippen molar-refractivity contribution >= 4 is 21.8 Å². The highest BCUT2D eigenvalue weighted by Crippen LogP contribution is 2.11. The highest BCUT2D eigenvalue weighted by atomic mass is 79.9. The molecule has 4 heteroatoms. The second-order valence-electron chi connectivity index (χ2n) is 3.88. The summed E-state index contributed by atoms with van der Waals surface area (Å²) in [5.74, 6) is -0.117. The fraction of sp³-hybridized carbons (Fsp3) is 0.143. The molecule has 0 saturated heterocycles. The van der Waals surface area contributed by atoms with Crippen LogP contribution in [0.4, 0.5) is 0 Å². The number of hydrogen-bond acceptors (Lipinski definition) is 2. The van der Waals surface area contributed by atoms with Gasteiger partial charge in [0, 0.05) is 22.5 Å². The Morgan fingerprint density at radius 2 is 1.78 bits per heavy atom. The molecule has 0 amide bonds. The summed E-state index contributed by atoms with van der Waals surface area (Å²) in [4.78, 5) is 0. The summed E-state index contributed by atoms with van der Waals surface area (Å²) in [6.07, 6.45) is 4.63. The van der Waals surface area contributed by atoms with Crippen molar-refractivity contribution in [3.63, 3.8) is 0 Å². The molecule has 92 valence electrons. The van der Waals surface area contributed by atoms with E-state index < -0.39 is 0 Å². The standard InChI is InChI=1S/C14H13BrN2O/c15-13-7-4-12(5-8-13)6-9-14(18)16-17-10-2-1-3-11-17/h1-5,7-8,10-11H,6,9H2. The minimum absolute atomic E-state index is 0.117. The molecule has 1 heterocycles. The Balaban J connectivity index is 1.94. The van der Waals surface area contributed by atoms with Crippen LogP contribution in [0.5, 0.6) is 0 Å². The maximum atomic E-state index is 11.7. The van der Waals surface area contributed by atoms with E-state index in [1.807, 2.05) is 42.5 Å². The molecule has 0 fully saturated rings. The topological polar surface area (TPSA) is 39.3 Å². The normalized spacial score (nSPS) is 11.5. The molecule has 18 heavy (non-hydrogen) atoms. The van der Waals surface area contributed by atoms with Crippen LogP contribution in [0, 0.1) is 0 Å². The molecule has 1 aromatic heterocycles. The van der Waals surface area contributed by atoms with Crippen molar-refractivity contribution in [1.82, 2.24) is 0 Å². The van der Waals surface area contributed by atoms with Gasteiger partial charge in [-0.3, -0.25) is 0 Å². The van der Waals surface area contributed by atoms with Gasteiger partial charge in [0.2, 0.25) is 12.4 Å². The number of hydrogen-bond donors (Lipinski definition) is 0. The van der Waals surface area contributed by atoms with Crippen molar-refractivity contribution in [2.24, 2.45) is 5.10 Å². The molecule has 0 unspecified atom stereocenters. The average Bonchev–Trinajstić information content (AvgIpc) is 2.39. The maximum absolute atomic E-state index is 11.7. The Kier molecular flexibility index (Phi) is 4.47. The van der Waals surface area contributed by atoms with Crippen LogP contribution < -0.4 is 9.78 Å². The molecule has 0 bridgehead atoms. The molecule has 1 aromatic carbocycles.